The normalized spacial score (nSPS) is 10.0. The molecule has 0 aliphatic carbocycles. The fourth-order valence-electron chi connectivity index (χ4n) is 2.11. The van der Waals surface area contributed by atoms with E-state index in [9.17, 15) is 4.39 Å². The van der Waals surface area contributed by atoms with Crippen molar-refractivity contribution in [2.24, 2.45) is 0 Å². The summed E-state index contributed by atoms with van der Waals surface area (Å²) >= 11 is 5.26. The van der Waals surface area contributed by atoms with Crippen LogP contribution in [0.1, 0.15) is 0 Å². The van der Waals surface area contributed by atoms with E-state index < -0.39 is 0 Å². The van der Waals surface area contributed by atoms with Gasteiger partial charge in [-0.05, 0) is 48.6 Å². The lowest BCUT2D eigenvalue weighted by Gasteiger charge is -2.15. The molecule has 0 aliphatic heterocycles. The van der Waals surface area contributed by atoms with Crippen LogP contribution < -0.4 is 15.4 Å². The molecular formula is C19H15FN2OS. The fourth-order valence-corrected chi connectivity index (χ4v) is 2.33. The molecule has 0 saturated heterocycles. The molecule has 0 aliphatic rings. The van der Waals surface area contributed by atoms with E-state index >= 15 is 0 Å². The molecule has 3 nitrogen and oxygen atoms in total. The molecule has 0 atom stereocenters. The highest BCUT2D eigenvalue weighted by molar-refractivity contribution is 7.80. The van der Waals surface area contributed by atoms with Crippen molar-refractivity contribution in [3.05, 3.63) is 84.7 Å². The molecule has 0 saturated carbocycles. The third-order valence-corrected chi connectivity index (χ3v) is 3.43. The second-order valence-corrected chi connectivity index (χ2v) is 5.38. The number of hydrogen-bond donors (Lipinski definition) is 2. The SMILES string of the molecule is Fc1ccccc1NC(=S)Nc1ccccc1Oc1ccccc1. The van der Waals surface area contributed by atoms with E-state index in [1.165, 1.54) is 6.07 Å². The Kier molecular flexibility index (Phi) is 5.03. The number of ether oxygens (including phenoxy) is 1. The lowest BCUT2D eigenvalue weighted by atomic mass is 10.3. The average molecular weight is 338 g/mol. The van der Waals surface area contributed by atoms with Gasteiger partial charge in [0.25, 0.3) is 0 Å². The van der Waals surface area contributed by atoms with Crippen molar-refractivity contribution in [2.75, 3.05) is 10.6 Å². The first-order chi connectivity index (χ1) is 11.7. The van der Waals surface area contributed by atoms with Gasteiger partial charge in [0.05, 0.1) is 11.4 Å². The van der Waals surface area contributed by atoms with E-state index in [1.54, 1.807) is 18.2 Å². The zero-order valence-electron chi connectivity index (χ0n) is 12.7. The molecular weight excluding hydrogens is 323 g/mol. The van der Waals surface area contributed by atoms with Crippen LogP contribution in [0.2, 0.25) is 0 Å². The molecule has 0 fully saturated rings. The molecule has 5 heteroatoms. The van der Waals surface area contributed by atoms with Gasteiger partial charge in [-0.2, -0.15) is 0 Å². The molecule has 3 aromatic rings. The number of nitrogens with one attached hydrogen (secondary N) is 2. The third kappa shape index (κ3) is 4.08. The van der Waals surface area contributed by atoms with Crippen LogP contribution in [0.25, 0.3) is 0 Å². The van der Waals surface area contributed by atoms with Gasteiger partial charge in [-0.25, -0.2) is 4.39 Å². The monoisotopic (exact) mass is 338 g/mol. The summed E-state index contributed by atoms with van der Waals surface area (Å²) in [6.45, 7) is 0. The Morgan fingerprint density at radius 3 is 2.08 bits per heavy atom. The molecule has 3 aromatic carbocycles. The molecule has 0 spiro atoms. The molecule has 0 bridgehead atoms. The molecule has 0 aromatic heterocycles. The van der Waals surface area contributed by atoms with E-state index in [1.807, 2.05) is 54.6 Å². The number of anilines is 2. The quantitative estimate of drug-likeness (QED) is 0.622. The van der Waals surface area contributed by atoms with Crippen LogP contribution in [0, 0.1) is 5.82 Å². The van der Waals surface area contributed by atoms with Gasteiger partial charge >= 0.3 is 0 Å². The zero-order valence-corrected chi connectivity index (χ0v) is 13.5. The highest BCUT2D eigenvalue weighted by atomic mass is 32.1. The number of benzene rings is 3. The van der Waals surface area contributed by atoms with Crippen LogP contribution in [0.3, 0.4) is 0 Å². The van der Waals surface area contributed by atoms with Crippen molar-refractivity contribution in [3.8, 4) is 11.5 Å². The number of rotatable bonds is 4. The molecule has 24 heavy (non-hydrogen) atoms. The Bertz CT molecular complexity index is 840. The van der Waals surface area contributed by atoms with Crippen molar-refractivity contribution < 1.29 is 9.13 Å². The van der Waals surface area contributed by atoms with Crippen LogP contribution in [0.15, 0.2) is 78.9 Å². The number of hydrogen-bond acceptors (Lipinski definition) is 2. The maximum Gasteiger partial charge on any atom is 0.175 e. The Morgan fingerprint density at radius 2 is 1.33 bits per heavy atom. The summed E-state index contributed by atoms with van der Waals surface area (Å²) in [5.74, 6) is 0.983. The van der Waals surface area contributed by atoms with Crippen LogP contribution in [-0.2, 0) is 0 Å². The Labute approximate surface area is 145 Å². The summed E-state index contributed by atoms with van der Waals surface area (Å²) < 4.78 is 19.5. The lowest BCUT2D eigenvalue weighted by Crippen LogP contribution is -2.20. The van der Waals surface area contributed by atoms with Crippen molar-refractivity contribution in [3.63, 3.8) is 0 Å². The number of thiocarbonyl (C=S) groups is 1. The fraction of sp³-hybridized carbons (Fsp3) is 0. The van der Waals surface area contributed by atoms with Gasteiger partial charge in [0, 0.05) is 0 Å². The Hall–Kier alpha value is -2.92. The zero-order chi connectivity index (χ0) is 16.8. The Balaban J connectivity index is 1.73. The van der Waals surface area contributed by atoms with E-state index in [4.69, 9.17) is 17.0 Å². The van der Waals surface area contributed by atoms with Gasteiger partial charge < -0.3 is 15.4 Å². The minimum atomic E-state index is -0.365. The summed E-state index contributed by atoms with van der Waals surface area (Å²) in [6.07, 6.45) is 0. The molecule has 3 rings (SSSR count). The molecule has 0 unspecified atom stereocenters. The van der Waals surface area contributed by atoms with Gasteiger partial charge in [-0.15, -0.1) is 0 Å². The van der Waals surface area contributed by atoms with Gasteiger partial charge in [0.2, 0.25) is 0 Å². The first-order valence-corrected chi connectivity index (χ1v) is 7.77. The predicted molar refractivity (Wildman–Crippen MR) is 99.2 cm³/mol. The summed E-state index contributed by atoms with van der Waals surface area (Å²) in [4.78, 5) is 0. The first-order valence-electron chi connectivity index (χ1n) is 7.37. The summed E-state index contributed by atoms with van der Waals surface area (Å²) in [5.41, 5.74) is 1.01. The highest BCUT2D eigenvalue weighted by Crippen LogP contribution is 2.29. The van der Waals surface area contributed by atoms with Crippen LogP contribution in [0.5, 0.6) is 11.5 Å². The van der Waals surface area contributed by atoms with Crippen molar-refractivity contribution in [2.45, 2.75) is 0 Å². The molecule has 0 heterocycles. The van der Waals surface area contributed by atoms with E-state index in [0.717, 1.165) is 5.75 Å². The maximum atomic E-state index is 13.7. The summed E-state index contributed by atoms with van der Waals surface area (Å²) in [5, 5.41) is 6.16. The largest absolute Gasteiger partial charge is 0.455 e. The molecule has 2 N–H and O–H groups in total. The first kappa shape index (κ1) is 16.0. The second kappa shape index (κ2) is 7.57. The third-order valence-electron chi connectivity index (χ3n) is 3.23. The number of para-hydroxylation sites is 4. The van der Waals surface area contributed by atoms with Crippen molar-refractivity contribution >= 4 is 28.7 Å². The Morgan fingerprint density at radius 1 is 0.750 bits per heavy atom. The van der Waals surface area contributed by atoms with Gasteiger partial charge in [0.1, 0.15) is 11.6 Å². The average Bonchev–Trinajstić information content (AvgIpc) is 2.60. The van der Waals surface area contributed by atoms with E-state index in [-0.39, 0.29) is 10.9 Å². The standard InChI is InChI=1S/C19H15FN2OS/c20-15-10-4-5-11-16(15)21-19(24)22-17-12-6-7-13-18(17)23-14-8-2-1-3-9-14/h1-13H,(H2,21,22,24). The summed E-state index contributed by atoms with van der Waals surface area (Å²) in [6, 6.07) is 23.2. The molecule has 0 amide bonds. The van der Waals surface area contributed by atoms with Crippen molar-refractivity contribution in [1.29, 1.82) is 0 Å². The smallest absolute Gasteiger partial charge is 0.175 e. The predicted octanol–water partition coefficient (Wildman–Crippen LogP) is 5.43. The number of halogens is 1. The van der Waals surface area contributed by atoms with Gasteiger partial charge in [-0.3, -0.25) is 0 Å². The van der Waals surface area contributed by atoms with Gasteiger partial charge in [-0.1, -0.05) is 42.5 Å². The minimum absolute atomic E-state index is 0.282. The molecule has 120 valence electrons. The molecule has 0 radical (unpaired) electrons. The highest BCUT2D eigenvalue weighted by Gasteiger charge is 2.08. The lowest BCUT2D eigenvalue weighted by molar-refractivity contribution is 0.485. The van der Waals surface area contributed by atoms with Crippen molar-refractivity contribution in [1.82, 2.24) is 0 Å². The minimum Gasteiger partial charge on any atom is -0.455 e. The van der Waals surface area contributed by atoms with Gasteiger partial charge in [0.15, 0.2) is 10.9 Å². The van der Waals surface area contributed by atoms with Crippen LogP contribution in [-0.4, -0.2) is 5.11 Å². The van der Waals surface area contributed by atoms with Crippen LogP contribution >= 0.6 is 12.2 Å². The maximum absolute atomic E-state index is 13.7. The second-order valence-electron chi connectivity index (χ2n) is 4.97. The van der Waals surface area contributed by atoms with Crippen LogP contribution in [0.4, 0.5) is 15.8 Å². The van der Waals surface area contributed by atoms with E-state index in [0.29, 0.717) is 17.1 Å². The summed E-state index contributed by atoms with van der Waals surface area (Å²) in [7, 11) is 0. The van der Waals surface area contributed by atoms with E-state index in [2.05, 4.69) is 10.6 Å². The topological polar surface area (TPSA) is 33.3 Å².